The van der Waals surface area contributed by atoms with E-state index in [1.807, 2.05) is 0 Å². The van der Waals surface area contributed by atoms with E-state index in [9.17, 15) is 19.7 Å². The Hall–Kier alpha value is -3.23. The Kier molecular flexibility index (Phi) is 6.26. The Morgan fingerprint density at radius 2 is 2.10 bits per heavy atom. The average Bonchev–Trinajstić information content (AvgIpc) is 3.11. The smallest absolute Gasteiger partial charge is 0.273 e. The van der Waals surface area contributed by atoms with Crippen molar-refractivity contribution in [3.05, 3.63) is 56.9 Å². The van der Waals surface area contributed by atoms with Crippen LogP contribution >= 0.6 is 0 Å². The molecule has 9 heteroatoms. The highest BCUT2D eigenvalue weighted by atomic mass is 16.6. The second-order valence-electron chi connectivity index (χ2n) is 7.60. The zero-order valence-corrected chi connectivity index (χ0v) is 16.6. The van der Waals surface area contributed by atoms with Gasteiger partial charge in [0.1, 0.15) is 0 Å². The molecule has 1 aliphatic heterocycles. The summed E-state index contributed by atoms with van der Waals surface area (Å²) in [5.74, 6) is 0.0204. The van der Waals surface area contributed by atoms with Crippen LogP contribution in [0.1, 0.15) is 47.6 Å². The predicted octanol–water partition coefficient (Wildman–Crippen LogP) is 2.22. The lowest BCUT2D eigenvalue weighted by atomic mass is 10.0. The number of carbonyl (C=O) groups is 2. The highest BCUT2D eigenvalue weighted by molar-refractivity contribution is 5.94. The zero-order valence-electron chi connectivity index (χ0n) is 16.6. The molecule has 154 valence electrons. The number of hydrogen-bond acceptors (Lipinski definition) is 5. The van der Waals surface area contributed by atoms with E-state index >= 15 is 0 Å². The molecule has 0 saturated heterocycles. The molecule has 0 unspecified atom stereocenters. The quantitative estimate of drug-likeness (QED) is 0.546. The highest BCUT2D eigenvalue weighted by Gasteiger charge is 2.28. The summed E-state index contributed by atoms with van der Waals surface area (Å²) in [4.78, 5) is 37.6. The Bertz CT molecular complexity index is 921. The fourth-order valence-corrected chi connectivity index (χ4v) is 3.37. The Balaban J connectivity index is 1.69. The lowest BCUT2D eigenvalue weighted by Gasteiger charge is -2.27. The van der Waals surface area contributed by atoms with E-state index < -0.39 is 4.92 Å². The second kappa shape index (κ2) is 8.85. The fourth-order valence-electron chi connectivity index (χ4n) is 3.37. The molecule has 0 bridgehead atoms. The summed E-state index contributed by atoms with van der Waals surface area (Å²) in [6, 6.07) is 6.25. The summed E-state index contributed by atoms with van der Waals surface area (Å²) in [5, 5.41) is 21.1. The molecule has 0 aliphatic carbocycles. The van der Waals surface area contributed by atoms with Gasteiger partial charge in [0.05, 0.1) is 11.3 Å². The third-order valence-corrected chi connectivity index (χ3v) is 5.04. The van der Waals surface area contributed by atoms with E-state index in [1.54, 1.807) is 23.1 Å². The van der Waals surface area contributed by atoms with Crippen LogP contribution in [-0.4, -0.2) is 44.9 Å². The maximum Gasteiger partial charge on any atom is 0.273 e. The monoisotopic (exact) mass is 399 g/mol. The largest absolute Gasteiger partial charge is 0.351 e. The number of H-pyrrole nitrogens is 1. The number of nitrogens with zero attached hydrogens (tertiary/aromatic N) is 3. The van der Waals surface area contributed by atoms with Crippen LogP contribution in [0.4, 0.5) is 5.69 Å². The number of hydrogen-bond donors (Lipinski definition) is 2. The number of fused-ring (bicyclic) bond motifs is 1. The van der Waals surface area contributed by atoms with Crippen LogP contribution in [0.25, 0.3) is 0 Å². The number of aromatic amines is 1. The predicted molar refractivity (Wildman–Crippen MR) is 106 cm³/mol. The first-order valence-electron chi connectivity index (χ1n) is 9.71. The van der Waals surface area contributed by atoms with Gasteiger partial charge < -0.3 is 10.2 Å². The van der Waals surface area contributed by atoms with Crippen LogP contribution in [0.5, 0.6) is 0 Å². The lowest BCUT2D eigenvalue weighted by Crippen LogP contribution is -2.38. The first-order valence-corrected chi connectivity index (χ1v) is 9.71. The maximum atomic E-state index is 12.8. The topological polar surface area (TPSA) is 121 Å². The van der Waals surface area contributed by atoms with Gasteiger partial charge in [-0.3, -0.25) is 24.8 Å². The molecular formula is C20H25N5O4. The summed E-state index contributed by atoms with van der Waals surface area (Å²) in [7, 11) is 0. The lowest BCUT2D eigenvalue weighted by molar-refractivity contribution is -0.385. The number of amides is 2. The van der Waals surface area contributed by atoms with Crippen LogP contribution in [0.15, 0.2) is 24.3 Å². The van der Waals surface area contributed by atoms with Crippen molar-refractivity contribution in [2.75, 3.05) is 13.1 Å². The number of benzene rings is 1. The Morgan fingerprint density at radius 1 is 1.34 bits per heavy atom. The first kappa shape index (κ1) is 20.5. The normalized spacial score (nSPS) is 13.3. The van der Waals surface area contributed by atoms with Gasteiger partial charge in [-0.1, -0.05) is 32.0 Å². The van der Waals surface area contributed by atoms with Crippen LogP contribution in [-0.2, 0) is 24.2 Å². The van der Waals surface area contributed by atoms with Gasteiger partial charge in [-0.15, -0.1) is 0 Å². The minimum absolute atomic E-state index is 0.0553. The van der Waals surface area contributed by atoms with Gasteiger partial charge in [-0.05, 0) is 12.3 Å². The molecule has 1 aromatic heterocycles. The van der Waals surface area contributed by atoms with Crippen LogP contribution < -0.4 is 5.32 Å². The van der Waals surface area contributed by atoms with Crippen molar-refractivity contribution in [1.29, 1.82) is 0 Å². The molecule has 2 heterocycles. The van der Waals surface area contributed by atoms with E-state index in [0.717, 1.165) is 12.1 Å². The molecule has 9 nitrogen and oxygen atoms in total. The van der Waals surface area contributed by atoms with E-state index in [2.05, 4.69) is 29.4 Å². The molecule has 0 saturated carbocycles. The molecule has 1 aromatic carbocycles. The number of nitro groups is 1. The minimum Gasteiger partial charge on any atom is -0.351 e. The van der Waals surface area contributed by atoms with Crippen molar-refractivity contribution in [3.8, 4) is 0 Å². The van der Waals surface area contributed by atoms with Gasteiger partial charge >= 0.3 is 0 Å². The van der Waals surface area contributed by atoms with E-state index in [1.165, 1.54) is 6.07 Å². The van der Waals surface area contributed by atoms with Gasteiger partial charge in [-0.2, -0.15) is 5.10 Å². The molecule has 2 amide bonds. The van der Waals surface area contributed by atoms with Crippen molar-refractivity contribution in [1.82, 2.24) is 20.4 Å². The Labute approximate surface area is 168 Å². The molecule has 29 heavy (non-hydrogen) atoms. The third-order valence-electron chi connectivity index (χ3n) is 5.04. The molecule has 0 spiro atoms. The number of nitrogens with one attached hydrogen (secondary N) is 2. The maximum absolute atomic E-state index is 12.8. The summed E-state index contributed by atoms with van der Waals surface area (Å²) < 4.78 is 0. The van der Waals surface area contributed by atoms with Crippen LogP contribution in [0.2, 0.25) is 0 Å². The van der Waals surface area contributed by atoms with Gasteiger partial charge in [0.15, 0.2) is 5.69 Å². The van der Waals surface area contributed by atoms with Gasteiger partial charge in [0.2, 0.25) is 5.91 Å². The summed E-state index contributed by atoms with van der Waals surface area (Å²) in [6.07, 6.45) is 1.38. The number of rotatable bonds is 7. The molecule has 2 aromatic rings. The van der Waals surface area contributed by atoms with Crippen molar-refractivity contribution in [2.24, 2.45) is 5.92 Å². The summed E-state index contributed by atoms with van der Waals surface area (Å²) in [6.45, 7) is 5.48. The third kappa shape index (κ3) is 4.79. The van der Waals surface area contributed by atoms with E-state index in [0.29, 0.717) is 42.2 Å². The van der Waals surface area contributed by atoms with Gasteiger partial charge in [0.25, 0.3) is 11.6 Å². The van der Waals surface area contributed by atoms with E-state index in [4.69, 9.17) is 0 Å². The molecule has 0 atom stereocenters. The number of nitro benzene ring substituents is 1. The van der Waals surface area contributed by atoms with Crippen molar-refractivity contribution < 1.29 is 14.5 Å². The summed E-state index contributed by atoms with van der Waals surface area (Å²) >= 11 is 0. The van der Waals surface area contributed by atoms with Crippen molar-refractivity contribution >= 4 is 17.5 Å². The van der Waals surface area contributed by atoms with E-state index in [-0.39, 0.29) is 30.5 Å². The van der Waals surface area contributed by atoms with Crippen LogP contribution in [0.3, 0.4) is 0 Å². The molecule has 3 rings (SSSR count). The number of carbonyl (C=O) groups excluding carboxylic acids is 2. The fraction of sp³-hybridized carbons (Fsp3) is 0.450. The molecule has 2 N–H and O–H groups in total. The molecule has 0 radical (unpaired) electrons. The van der Waals surface area contributed by atoms with Crippen molar-refractivity contribution in [2.45, 2.75) is 39.7 Å². The summed E-state index contributed by atoms with van der Waals surface area (Å²) in [5.41, 5.74) is 2.20. The Morgan fingerprint density at radius 3 is 2.83 bits per heavy atom. The molecule has 1 aliphatic rings. The first-order chi connectivity index (χ1) is 13.9. The molecule has 0 fully saturated rings. The second-order valence-corrected chi connectivity index (χ2v) is 7.60. The standard InChI is InChI=1S/C20H25N5O4/c1-13(2)7-9-21-20(27)19-15-12-24(10-8-16(15)22-23-19)18(26)11-14-5-3-4-6-17(14)25(28)29/h3-6,13H,7-12H2,1-2H3,(H,21,27)(H,22,23). The molecular weight excluding hydrogens is 374 g/mol. The van der Waals surface area contributed by atoms with Gasteiger partial charge in [0, 0.05) is 48.9 Å². The van der Waals surface area contributed by atoms with Crippen LogP contribution in [0, 0.1) is 16.0 Å². The average molecular weight is 399 g/mol. The minimum atomic E-state index is -0.480. The highest BCUT2D eigenvalue weighted by Crippen LogP contribution is 2.23. The SMILES string of the molecule is CC(C)CCNC(=O)c1n[nH]c2c1CN(C(=O)Cc1ccccc1[N+](=O)[O-])CC2. The number of para-hydroxylation sites is 1. The zero-order chi connectivity index (χ0) is 21.0. The van der Waals surface area contributed by atoms with Gasteiger partial charge in [-0.25, -0.2) is 0 Å². The van der Waals surface area contributed by atoms with Crippen molar-refractivity contribution in [3.63, 3.8) is 0 Å². The number of aromatic nitrogens is 2.